The second-order valence-electron chi connectivity index (χ2n) is 17.1. The van der Waals surface area contributed by atoms with Crippen LogP contribution in [0.5, 0.6) is 0 Å². The van der Waals surface area contributed by atoms with Crippen molar-refractivity contribution in [3.8, 4) is 11.1 Å². The zero-order valence-corrected chi connectivity index (χ0v) is 35.4. The van der Waals surface area contributed by atoms with Crippen LogP contribution in [0.1, 0.15) is 120 Å². The van der Waals surface area contributed by atoms with Crippen LogP contribution in [0.15, 0.2) is 96.6 Å². The molecule has 284 valence electrons. The summed E-state index contributed by atoms with van der Waals surface area (Å²) in [6.07, 6.45) is 1.06. The van der Waals surface area contributed by atoms with Gasteiger partial charge in [-0.25, -0.2) is 6.08 Å². The van der Waals surface area contributed by atoms with Crippen LogP contribution in [-0.2, 0) is 53.8 Å². The minimum atomic E-state index is -4.49. The van der Waals surface area contributed by atoms with Crippen LogP contribution < -0.4 is 0 Å². The standard InChI is InChI=1S/C21H25.C15H8F6.C11H17.Zr/c1-20(2,3)16-9-7-14-11-15-8-10-17(21(4,5)6)13-19(15)18(14)12-16;16-14(17,18)12-5-1-3-10(8-12)7-11-4-2-6-13(9-11)15(19,20)21;1-5-9-6-7-10(8-9)11(2,3)4;/h7,9-10,12-13H,11H2,1-6H3;1-6,8-9H;7-9H,5H2,1-4H3;/q-1;;-1;+2. The van der Waals surface area contributed by atoms with Gasteiger partial charge in [0.15, 0.2) is 0 Å². The summed E-state index contributed by atoms with van der Waals surface area (Å²) in [4.78, 5) is 0. The first-order valence-electron chi connectivity index (χ1n) is 18.2. The number of alkyl halides is 6. The third-order valence-electron chi connectivity index (χ3n) is 9.62. The molecule has 54 heavy (non-hydrogen) atoms. The van der Waals surface area contributed by atoms with Crippen LogP contribution >= 0.6 is 0 Å². The fourth-order valence-electron chi connectivity index (χ4n) is 6.07. The molecule has 2 aliphatic rings. The van der Waals surface area contributed by atoms with Crippen LogP contribution in [-0.4, -0.2) is 3.21 Å². The van der Waals surface area contributed by atoms with E-state index in [9.17, 15) is 26.3 Å². The van der Waals surface area contributed by atoms with Crippen LogP contribution in [0.2, 0.25) is 0 Å². The molecule has 0 bridgehead atoms. The van der Waals surface area contributed by atoms with E-state index in [1.807, 2.05) is 0 Å². The molecule has 0 saturated carbocycles. The fraction of sp³-hybridized carbons (Fsp3) is 0.383. The van der Waals surface area contributed by atoms with Crippen LogP contribution in [0, 0.1) is 23.5 Å². The third kappa shape index (κ3) is 11.1. The van der Waals surface area contributed by atoms with Crippen LogP contribution in [0.4, 0.5) is 26.3 Å². The molecule has 0 N–H and O–H groups in total. The predicted molar refractivity (Wildman–Crippen MR) is 206 cm³/mol. The molecule has 0 nitrogen and oxygen atoms in total. The topological polar surface area (TPSA) is 0 Å². The number of allylic oxidation sites excluding steroid dienone is 4. The van der Waals surface area contributed by atoms with Crippen molar-refractivity contribution in [3.05, 3.63) is 153 Å². The van der Waals surface area contributed by atoms with Crippen molar-refractivity contribution in [1.82, 2.24) is 0 Å². The van der Waals surface area contributed by atoms with Gasteiger partial charge in [-0.1, -0.05) is 122 Å². The monoisotopic (exact) mass is 818 g/mol. The molecule has 0 radical (unpaired) electrons. The van der Waals surface area contributed by atoms with Gasteiger partial charge in [0.05, 0.1) is 0 Å². The van der Waals surface area contributed by atoms with Gasteiger partial charge in [0.1, 0.15) is 0 Å². The number of hydrogen-bond acceptors (Lipinski definition) is 0. The quantitative estimate of drug-likeness (QED) is 0.126. The fourth-order valence-corrected chi connectivity index (χ4v) is 6.83. The van der Waals surface area contributed by atoms with E-state index in [4.69, 9.17) is 0 Å². The number of hydrogen-bond donors (Lipinski definition) is 0. The van der Waals surface area contributed by atoms with Crippen molar-refractivity contribution >= 4 is 3.21 Å². The first-order valence-corrected chi connectivity index (χ1v) is 19.5. The Balaban J connectivity index is 0.000000191. The summed E-state index contributed by atoms with van der Waals surface area (Å²) >= 11 is 0.729. The Morgan fingerprint density at radius 2 is 1.17 bits per heavy atom. The van der Waals surface area contributed by atoms with Crippen molar-refractivity contribution < 1.29 is 50.6 Å². The molecular formula is C47H50F6Zr. The van der Waals surface area contributed by atoms with E-state index in [2.05, 4.69) is 124 Å². The molecule has 1 unspecified atom stereocenters. The molecule has 0 aliphatic heterocycles. The van der Waals surface area contributed by atoms with E-state index < -0.39 is 23.5 Å². The van der Waals surface area contributed by atoms with Crippen LogP contribution in [0.25, 0.3) is 11.1 Å². The molecule has 1 atom stereocenters. The maximum atomic E-state index is 12.7. The number of fused-ring (bicyclic) bond motifs is 3. The van der Waals surface area contributed by atoms with Gasteiger partial charge in [0, 0.05) is 0 Å². The van der Waals surface area contributed by atoms with Gasteiger partial charge in [-0.15, -0.1) is 5.56 Å². The van der Waals surface area contributed by atoms with Gasteiger partial charge in [0.25, 0.3) is 0 Å². The van der Waals surface area contributed by atoms with Crippen molar-refractivity contribution in [2.45, 2.75) is 105 Å². The first-order chi connectivity index (χ1) is 24.8. The zero-order chi connectivity index (χ0) is 40.4. The Hall–Kier alpha value is -3.31. The van der Waals surface area contributed by atoms with Crippen LogP contribution in [0.3, 0.4) is 0 Å². The second kappa shape index (κ2) is 16.4. The molecule has 0 aromatic heterocycles. The molecule has 4 aromatic carbocycles. The SMILES string of the molecule is CC(C)(C)c1c[c-]c2c(c1)-c1cc(C(C)(C)C)ccc1C2.CCC1[C-]=CC(C(C)(C)C)=C1.FC(F)(F)c1cccc([C](=[Zr+2])c2cccc(C(F)(F)F)c2)c1. The van der Waals surface area contributed by atoms with Crippen molar-refractivity contribution in [2.24, 2.45) is 11.3 Å². The van der Waals surface area contributed by atoms with Crippen molar-refractivity contribution in [1.29, 1.82) is 0 Å². The molecule has 4 aromatic rings. The summed E-state index contributed by atoms with van der Waals surface area (Å²) in [5, 5.41) is 0. The molecule has 0 saturated heterocycles. The van der Waals surface area contributed by atoms with Gasteiger partial charge in [-0.3, -0.25) is 6.08 Å². The Kier molecular flexibility index (Phi) is 13.2. The third-order valence-corrected chi connectivity index (χ3v) is 11.0. The Labute approximate surface area is 333 Å². The average Bonchev–Trinajstić information content (AvgIpc) is 3.72. The summed E-state index contributed by atoms with van der Waals surface area (Å²) in [6, 6.07) is 24.2. The maximum absolute atomic E-state index is 12.7. The van der Waals surface area contributed by atoms with E-state index in [-0.39, 0.29) is 22.0 Å². The van der Waals surface area contributed by atoms with E-state index in [1.54, 1.807) is 0 Å². The molecule has 0 heterocycles. The second-order valence-corrected chi connectivity index (χ2v) is 18.3. The normalized spacial score (nSPS) is 15.4. The Bertz CT molecular complexity index is 1900. The summed E-state index contributed by atoms with van der Waals surface area (Å²) in [5.41, 5.74) is 9.40. The molecule has 0 spiro atoms. The van der Waals surface area contributed by atoms with Crippen molar-refractivity contribution in [3.63, 3.8) is 0 Å². The van der Waals surface area contributed by atoms with E-state index in [0.717, 1.165) is 54.9 Å². The summed E-state index contributed by atoms with van der Waals surface area (Å²) in [5.74, 6) is 0.573. The summed E-state index contributed by atoms with van der Waals surface area (Å²) in [7, 11) is 0. The molecule has 2 aliphatic carbocycles. The van der Waals surface area contributed by atoms with Gasteiger partial charge in [-0.05, 0) is 17.4 Å². The number of rotatable bonds is 3. The predicted octanol–water partition coefficient (Wildman–Crippen LogP) is 13.9. The van der Waals surface area contributed by atoms with Crippen molar-refractivity contribution in [2.75, 3.05) is 0 Å². The molecule has 0 fully saturated rings. The average molecular weight is 820 g/mol. The minimum absolute atomic E-state index is 0.177. The van der Waals surface area contributed by atoms with Gasteiger partial charge < -0.3 is 0 Å². The summed E-state index contributed by atoms with van der Waals surface area (Å²) < 4.78 is 76.7. The number of halogens is 6. The van der Waals surface area contributed by atoms with Gasteiger partial charge in [-0.2, -0.15) is 41.0 Å². The Morgan fingerprint density at radius 3 is 1.59 bits per heavy atom. The molecule has 6 rings (SSSR count). The first kappa shape index (κ1) is 43.4. The number of benzene rings is 4. The Morgan fingerprint density at radius 1 is 0.648 bits per heavy atom. The molecule has 7 heteroatoms. The zero-order valence-electron chi connectivity index (χ0n) is 32.9. The van der Waals surface area contributed by atoms with Gasteiger partial charge >= 0.3 is 137 Å². The van der Waals surface area contributed by atoms with E-state index >= 15 is 0 Å². The van der Waals surface area contributed by atoms with E-state index in [1.165, 1.54) is 69.6 Å². The molecular weight excluding hydrogens is 770 g/mol. The molecule has 0 amide bonds. The summed E-state index contributed by atoms with van der Waals surface area (Å²) in [6.45, 7) is 22.6. The van der Waals surface area contributed by atoms with Gasteiger partial charge in [0.2, 0.25) is 0 Å². The van der Waals surface area contributed by atoms with E-state index in [0.29, 0.717) is 14.5 Å².